The monoisotopic (exact) mass is 328 g/mol. The zero-order valence-corrected chi connectivity index (χ0v) is 15.2. The van der Waals surface area contributed by atoms with Crippen molar-refractivity contribution >= 4 is 5.78 Å². The predicted molar refractivity (Wildman–Crippen MR) is 95.7 cm³/mol. The highest BCUT2D eigenvalue weighted by molar-refractivity contribution is 5.81. The molecular formula is C21H28O3. The van der Waals surface area contributed by atoms with Gasteiger partial charge in [0.1, 0.15) is 5.78 Å². The number of ether oxygens (including phenoxy) is 2. The third-order valence-electron chi connectivity index (χ3n) is 6.21. The summed E-state index contributed by atoms with van der Waals surface area (Å²) in [6.45, 7) is 4.53. The topological polar surface area (TPSA) is 35.5 Å². The summed E-state index contributed by atoms with van der Waals surface area (Å²) in [5, 5.41) is 0. The molecule has 2 atom stereocenters. The first-order valence-corrected chi connectivity index (χ1v) is 8.84. The first-order valence-electron chi connectivity index (χ1n) is 8.84. The second-order valence-electron chi connectivity index (χ2n) is 7.79. The van der Waals surface area contributed by atoms with Crippen LogP contribution in [0.1, 0.15) is 51.5 Å². The van der Waals surface area contributed by atoms with Crippen LogP contribution in [0.4, 0.5) is 0 Å². The Balaban J connectivity index is 2.17. The van der Waals surface area contributed by atoms with Crippen molar-refractivity contribution in [2.75, 3.05) is 14.2 Å². The summed E-state index contributed by atoms with van der Waals surface area (Å²) in [7, 11) is 3.35. The van der Waals surface area contributed by atoms with Crippen molar-refractivity contribution in [2.24, 2.45) is 11.3 Å². The molecule has 24 heavy (non-hydrogen) atoms. The summed E-state index contributed by atoms with van der Waals surface area (Å²) < 4.78 is 11.0. The average Bonchev–Trinajstić information content (AvgIpc) is 2.77. The lowest BCUT2D eigenvalue weighted by atomic mass is 9.48. The van der Waals surface area contributed by atoms with Crippen molar-refractivity contribution in [1.82, 2.24) is 0 Å². The molecule has 0 saturated heterocycles. The van der Waals surface area contributed by atoms with E-state index >= 15 is 0 Å². The molecule has 0 spiro atoms. The fourth-order valence-electron chi connectivity index (χ4n) is 5.13. The zero-order valence-electron chi connectivity index (χ0n) is 15.2. The number of hydrogen-bond acceptors (Lipinski definition) is 3. The summed E-state index contributed by atoms with van der Waals surface area (Å²) >= 11 is 0. The van der Waals surface area contributed by atoms with Crippen LogP contribution >= 0.6 is 0 Å². The zero-order chi connectivity index (χ0) is 17.4. The molecule has 0 aromatic heterocycles. The number of allylic oxidation sites excluding steroid dienone is 2. The first-order chi connectivity index (χ1) is 11.4. The van der Waals surface area contributed by atoms with Crippen molar-refractivity contribution in [3.05, 3.63) is 35.9 Å². The average molecular weight is 328 g/mol. The van der Waals surface area contributed by atoms with Gasteiger partial charge in [-0.05, 0) is 48.3 Å². The first kappa shape index (κ1) is 17.1. The van der Waals surface area contributed by atoms with E-state index < -0.39 is 0 Å². The van der Waals surface area contributed by atoms with E-state index in [1.54, 1.807) is 14.2 Å². The maximum Gasteiger partial charge on any atom is 0.161 e. The van der Waals surface area contributed by atoms with E-state index in [4.69, 9.17) is 9.47 Å². The van der Waals surface area contributed by atoms with Crippen LogP contribution < -0.4 is 9.47 Å². The molecule has 1 saturated carbocycles. The quantitative estimate of drug-likeness (QED) is 0.755. The Hall–Kier alpha value is -1.77. The van der Waals surface area contributed by atoms with Crippen LogP contribution in [0.5, 0.6) is 11.5 Å². The standard InChI is InChI=1S/C21H28O3/c1-20(2)14-17(22)12-15-8-6-5-7-11-21(15,20)16-9-10-18(23-3)19(13-16)24-4/h5-6,9-10,13,15H,7-8,11-12,14H2,1-4H3. The number of rotatable bonds is 3. The number of methoxy groups -OCH3 is 2. The lowest BCUT2D eigenvalue weighted by molar-refractivity contribution is -0.129. The number of hydrogen-bond donors (Lipinski definition) is 0. The highest BCUT2D eigenvalue weighted by Crippen LogP contribution is 2.59. The molecule has 0 aliphatic heterocycles. The van der Waals surface area contributed by atoms with E-state index in [1.165, 1.54) is 5.56 Å². The van der Waals surface area contributed by atoms with Crippen LogP contribution in [0.15, 0.2) is 30.4 Å². The van der Waals surface area contributed by atoms with E-state index in [1.807, 2.05) is 6.07 Å². The van der Waals surface area contributed by atoms with Gasteiger partial charge in [-0.3, -0.25) is 4.79 Å². The van der Waals surface area contributed by atoms with Crippen molar-refractivity contribution < 1.29 is 14.3 Å². The largest absolute Gasteiger partial charge is 0.493 e. The molecule has 0 radical (unpaired) electrons. The van der Waals surface area contributed by atoms with Crippen molar-refractivity contribution in [1.29, 1.82) is 0 Å². The van der Waals surface area contributed by atoms with Gasteiger partial charge in [0.15, 0.2) is 11.5 Å². The van der Waals surface area contributed by atoms with Crippen LogP contribution in [0.2, 0.25) is 0 Å². The minimum atomic E-state index is -0.0708. The number of fused-ring (bicyclic) bond motifs is 1. The van der Waals surface area contributed by atoms with Gasteiger partial charge in [-0.2, -0.15) is 0 Å². The Morgan fingerprint density at radius 2 is 1.83 bits per heavy atom. The number of carbonyl (C=O) groups is 1. The maximum atomic E-state index is 12.4. The molecule has 0 heterocycles. The third kappa shape index (κ3) is 2.54. The van der Waals surface area contributed by atoms with Crippen molar-refractivity contribution in [2.45, 2.75) is 51.4 Å². The Morgan fingerprint density at radius 1 is 1.08 bits per heavy atom. The summed E-state index contributed by atoms with van der Waals surface area (Å²) in [6, 6.07) is 6.32. The smallest absolute Gasteiger partial charge is 0.161 e. The van der Waals surface area contributed by atoms with Gasteiger partial charge in [0.2, 0.25) is 0 Å². The molecule has 2 unspecified atom stereocenters. The Labute approximate surface area is 145 Å². The fraction of sp³-hybridized carbons (Fsp3) is 0.571. The van der Waals surface area contributed by atoms with E-state index in [9.17, 15) is 4.79 Å². The summed E-state index contributed by atoms with van der Waals surface area (Å²) in [5.74, 6) is 2.28. The molecule has 130 valence electrons. The van der Waals surface area contributed by atoms with E-state index in [0.29, 0.717) is 24.5 Å². The predicted octanol–water partition coefficient (Wildman–Crippen LogP) is 4.69. The molecule has 0 N–H and O–H groups in total. The van der Waals surface area contributed by atoms with Gasteiger partial charge in [0.25, 0.3) is 0 Å². The maximum absolute atomic E-state index is 12.4. The van der Waals surface area contributed by atoms with Crippen LogP contribution in [-0.4, -0.2) is 20.0 Å². The Kier molecular flexibility index (Phi) is 4.46. The molecule has 1 aromatic carbocycles. The van der Waals surface area contributed by atoms with Gasteiger partial charge in [-0.25, -0.2) is 0 Å². The Bertz CT molecular complexity index is 659. The second-order valence-corrected chi connectivity index (χ2v) is 7.79. The summed E-state index contributed by atoms with van der Waals surface area (Å²) in [6.07, 6.45) is 8.99. The molecule has 0 amide bonds. The Morgan fingerprint density at radius 3 is 2.54 bits per heavy atom. The van der Waals surface area contributed by atoms with Gasteiger partial charge >= 0.3 is 0 Å². The van der Waals surface area contributed by atoms with Gasteiger partial charge in [-0.15, -0.1) is 0 Å². The van der Waals surface area contributed by atoms with Gasteiger partial charge in [0, 0.05) is 18.3 Å². The fourth-order valence-corrected chi connectivity index (χ4v) is 5.13. The minimum Gasteiger partial charge on any atom is -0.493 e. The molecule has 3 nitrogen and oxygen atoms in total. The van der Waals surface area contributed by atoms with E-state index in [0.717, 1.165) is 30.8 Å². The molecule has 3 rings (SSSR count). The highest BCUT2D eigenvalue weighted by atomic mass is 16.5. The highest BCUT2D eigenvalue weighted by Gasteiger charge is 2.55. The van der Waals surface area contributed by atoms with E-state index in [-0.39, 0.29) is 10.8 Å². The number of ketones is 1. The van der Waals surface area contributed by atoms with Gasteiger partial charge in [0.05, 0.1) is 14.2 Å². The van der Waals surface area contributed by atoms with Crippen LogP contribution in [0, 0.1) is 11.3 Å². The minimum absolute atomic E-state index is 0.00996. The lowest BCUT2D eigenvalue weighted by Crippen LogP contribution is -2.52. The number of carbonyl (C=O) groups excluding carboxylic acids is 1. The van der Waals surface area contributed by atoms with Crippen molar-refractivity contribution in [3.8, 4) is 11.5 Å². The normalized spacial score (nSPS) is 28.8. The summed E-state index contributed by atoms with van der Waals surface area (Å²) in [5.41, 5.74) is 1.20. The number of Topliss-reactive ketones (excluding diaryl/α,β-unsaturated/α-hetero) is 1. The second kappa shape index (κ2) is 6.27. The van der Waals surface area contributed by atoms with Crippen LogP contribution in [0.3, 0.4) is 0 Å². The van der Waals surface area contributed by atoms with Gasteiger partial charge < -0.3 is 9.47 Å². The molecule has 1 fully saturated rings. The molecule has 0 bridgehead atoms. The van der Waals surface area contributed by atoms with Crippen LogP contribution in [-0.2, 0) is 10.2 Å². The van der Waals surface area contributed by atoms with E-state index in [2.05, 4.69) is 38.1 Å². The van der Waals surface area contributed by atoms with Crippen LogP contribution in [0.25, 0.3) is 0 Å². The lowest BCUT2D eigenvalue weighted by Gasteiger charge is -2.55. The molecular weight excluding hydrogens is 300 g/mol. The molecule has 3 heteroatoms. The molecule has 2 aliphatic rings. The third-order valence-corrected chi connectivity index (χ3v) is 6.21. The molecule has 2 aliphatic carbocycles. The summed E-state index contributed by atoms with van der Waals surface area (Å²) in [4.78, 5) is 12.4. The van der Waals surface area contributed by atoms with Crippen molar-refractivity contribution in [3.63, 3.8) is 0 Å². The SMILES string of the molecule is COc1ccc(C23CCC=CCC2CC(=O)CC3(C)C)cc1OC. The molecule has 1 aromatic rings. The number of benzene rings is 1. The van der Waals surface area contributed by atoms with Gasteiger partial charge in [-0.1, -0.05) is 32.1 Å².